The van der Waals surface area contributed by atoms with Crippen LogP contribution in [-0.4, -0.2) is 37.4 Å². The number of nitrogens with zero attached hydrogens (tertiary/aromatic N) is 1. The fraction of sp³-hybridized carbons (Fsp3) is 0.588. The number of hydrogen-bond acceptors (Lipinski definition) is 3. The second kappa shape index (κ2) is 7.88. The molecule has 2 atom stereocenters. The molecule has 0 radical (unpaired) electrons. The highest BCUT2D eigenvalue weighted by Gasteiger charge is 2.26. The van der Waals surface area contributed by atoms with Gasteiger partial charge >= 0.3 is 6.18 Å². The molecule has 24 heavy (non-hydrogen) atoms. The van der Waals surface area contributed by atoms with Crippen LogP contribution in [0.3, 0.4) is 0 Å². The first-order valence-corrected chi connectivity index (χ1v) is 8.10. The van der Waals surface area contributed by atoms with Crippen LogP contribution in [0.2, 0.25) is 0 Å². The molecule has 1 N–H and O–H groups in total. The van der Waals surface area contributed by atoms with E-state index in [1.165, 1.54) is 0 Å². The van der Waals surface area contributed by atoms with Crippen molar-refractivity contribution in [1.29, 1.82) is 0 Å². The molecule has 1 amide bonds. The fourth-order valence-corrected chi connectivity index (χ4v) is 2.82. The molecule has 7 heteroatoms. The standard InChI is InChI=1S/C17H23F3N2O2/c1-12-10-22(11-13(2)24-12)15-7-5-14(6-8-15)21-16(23)4-3-9-17(18,19)20/h5-8,12-13H,3-4,9-11H2,1-2H3,(H,21,23)/t12-,13-/m1/s1. The smallest absolute Gasteiger partial charge is 0.372 e. The van der Waals surface area contributed by atoms with Crippen LogP contribution in [0.15, 0.2) is 24.3 Å². The molecular weight excluding hydrogens is 321 g/mol. The van der Waals surface area contributed by atoms with Gasteiger partial charge in [0.1, 0.15) is 0 Å². The maximum absolute atomic E-state index is 12.1. The second-order valence-corrected chi connectivity index (χ2v) is 6.23. The fourth-order valence-electron chi connectivity index (χ4n) is 2.82. The number of nitrogens with one attached hydrogen (secondary N) is 1. The second-order valence-electron chi connectivity index (χ2n) is 6.23. The lowest BCUT2D eigenvalue weighted by Gasteiger charge is -2.36. The molecule has 1 heterocycles. The van der Waals surface area contributed by atoms with E-state index >= 15 is 0 Å². The van der Waals surface area contributed by atoms with Crippen molar-refractivity contribution in [2.45, 2.75) is 51.5 Å². The van der Waals surface area contributed by atoms with Gasteiger partial charge in [-0.15, -0.1) is 0 Å². The van der Waals surface area contributed by atoms with Gasteiger partial charge in [0, 0.05) is 37.3 Å². The Morgan fingerprint density at radius 3 is 2.33 bits per heavy atom. The van der Waals surface area contributed by atoms with E-state index in [2.05, 4.69) is 10.2 Å². The van der Waals surface area contributed by atoms with Crippen LogP contribution in [0.1, 0.15) is 33.1 Å². The van der Waals surface area contributed by atoms with Crippen molar-refractivity contribution in [3.05, 3.63) is 24.3 Å². The van der Waals surface area contributed by atoms with Crippen molar-refractivity contribution < 1.29 is 22.7 Å². The minimum Gasteiger partial charge on any atom is -0.372 e. The number of hydrogen-bond donors (Lipinski definition) is 1. The quantitative estimate of drug-likeness (QED) is 0.879. The maximum Gasteiger partial charge on any atom is 0.389 e. The minimum absolute atomic E-state index is 0.139. The first-order valence-electron chi connectivity index (χ1n) is 8.10. The summed E-state index contributed by atoms with van der Waals surface area (Å²) < 4.78 is 41.9. The Morgan fingerprint density at radius 2 is 1.79 bits per heavy atom. The first-order chi connectivity index (χ1) is 11.2. The normalized spacial score (nSPS) is 21.6. The van der Waals surface area contributed by atoms with E-state index in [9.17, 15) is 18.0 Å². The summed E-state index contributed by atoms with van der Waals surface area (Å²) in [6.45, 7) is 5.65. The third-order valence-corrected chi connectivity index (χ3v) is 3.80. The van der Waals surface area contributed by atoms with E-state index in [0.717, 1.165) is 18.8 Å². The van der Waals surface area contributed by atoms with E-state index in [-0.39, 0.29) is 25.0 Å². The van der Waals surface area contributed by atoms with Gasteiger partial charge in [-0.1, -0.05) is 0 Å². The average Bonchev–Trinajstić information content (AvgIpc) is 2.45. The van der Waals surface area contributed by atoms with Crippen LogP contribution < -0.4 is 10.2 Å². The van der Waals surface area contributed by atoms with Gasteiger partial charge in [0.2, 0.25) is 5.91 Å². The summed E-state index contributed by atoms with van der Waals surface area (Å²) >= 11 is 0. The molecule has 2 rings (SSSR count). The number of anilines is 2. The van der Waals surface area contributed by atoms with E-state index in [0.29, 0.717) is 5.69 Å². The van der Waals surface area contributed by atoms with Crippen LogP contribution in [-0.2, 0) is 9.53 Å². The van der Waals surface area contributed by atoms with Crippen LogP contribution in [0, 0.1) is 0 Å². The van der Waals surface area contributed by atoms with Gasteiger partial charge in [-0.05, 0) is 44.5 Å². The molecule has 0 unspecified atom stereocenters. The molecule has 0 bridgehead atoms. The Morgan fingerprint density at radius 1 is 1.21 bits per heavy atom. The van der Waals surface area contributed by atoms with Crippen molar-refractivity contribution in [1.82, 2.24) is 0 Å². The van der Waals surface area contributed by atoms with Crippen LogP contribution in [0.25, 0.3) is 0 Å². The van der Waals surface area contributed by atoms with Gasteiger partial charge in [0.05, 0.1) is 12.2 Å². The van der Waals surface area contributed by atoms with Gasteiger partial charge < -0.3 is 15.0 Å². The highest BCUT2D eigenvalue weighted by atomic mass is 19.4. The molecule has 1 saturated heterocycles. The summed E-state index contributed by atoms with van der Waals surface area (Å²) in [4.78, 5) is 13.9. The third kappa shape index (κ3) is 6.03. The zero-order valence-corrected chi connectivity index (χ0v) is 13.9. The van der Waals surface area contributed by atoms with Crippen LogP contribution >= 0.6 is 0 Å². The summed E-state index contributed by atoms with van der Waals surface area (Å²) in [5, 5.41) is 2.63. The number of amides is 1. The molecule has 0 spiro atoms. The Hall–Kier alpha value is -1.76. The molecule has 0 aromatic heterocycles. The lowest BCUT2D eigenvalue weighted by molar-refractivity contribution is -0.136. The molecule has 1 aliphatic heterocycles. The topological polar surface area (TPSA) is 41.6 Å². The Balaban J connectivity index is 1.84. The van der Waals surface area contributed by atoms with Crippen molar-refractivity contribution in [3.8, 4) is 0 Å². The molecular formula is C17H23F3N2O2. The number of morpholine rings is 1. The number of carbonyl (C=O) groups excluding carboxylic acids is 1. The van der Waals surface area contributed by atoms with E-state index in [4.69, 9.17) is 4.74 Å². The van der Waals surface area contributed by atoms with Crippen molar-refractivity contribution >= 4 is 17.3 Å². The van der Waals surface area contributed by atoms with Crippen molar-refractivity contribution in [3.63, 3.8) is 0 Å². The molecule has 134 valence electrons. The molecule has 1 aliphatic rings. The molecule has 0 saturated carbocycles. The highest BCUT2D eigenvalue weighted by Crippen LogP contribution is 2.24. The van der Waals surface area contributed by atoms with Crippen LogP contribution in [0.4, 0.5) is 24.5 Å². The number of benzene rings is 1. The summed E-state index contributed by atoms with van der Waals surface area (Å²) in [6, 6.07) is 7.33. The van der Waals surface area contributed by atoms with Gasteiger partial charge in [0.15, 0.2) is 0 Å². The summed E-state index contributed by atoms with van der Waals surface area (Å²) in [5.74, 6) is -0.402. The maximum atomic E-state index is 12.1. The number of halogens is 3. The molecule has 1 fully saturated rings. The average molecular weight is 344 g/mol. The van der Waals surface area contributed by atoms with E-state index in [1.54, 1.807) is 12.1 Å². The number of carbonyl (C=O) groups is 1. The Kier molecular flexibility index (Phi) is 6.10. The summed E-state index contributed by atoms with van der Waals surface area (Å²) in [5.41, 5.74) is 1.62. The lowest BCUT2D eigenvalue weighted by Crippen LogP contribution is -2.45. The molecule has 1 aromatic carbocycles. The SMILES string of the molecule is C[C@@H]1CN(c2ccc(NC(=O)CCCC(F)(F)F)cc2)C[C@@H](C)O1. The monoisotopic (exact) mass is 344 g/mol. The zero-order valence-electron chi connectivity index (χ0n) is 13.9. The number of ether oxygens (including phenoxy) is 1. The minimum atomic E-state index is -4.21. The Labute approximate surface area is 140 Å². The van der Waals surface area contributed by atoms with Gasteiger partial charge in [-0.2, -0.15) is 13.2 Å². The van der Waals surface area contributed by atoms with Gasteiger partial charge in [-0.3, -0.25) is 4.79 Å². The van der Waals surface area contributed by atoms with Gasteiger partial charge in [0.25, 0.3) is 0 Å². The van der Waals surface area contributed by atoms with Crippen molar-refractivity contribution in [2.75, 3.05) is 23.3 Å². The predicted molar refractivity (Wildman–Crippen MR) is 87.2 cm³/mol. The highest BCUT2D eigenvalue weighted by molar-refractivity contribution is 5.90. The number of rotatable bonds is 5. The molecule has 1 aromatic rings. The summed E-state index contributed by atoms with van der Waals surface area (Å²) in [6.07, 6.45) is -5.18. The predicted octanol–water partition coefficient (Wildman–Crippen LogP) is 3.97. The Bertz CT molecular complexity index is 536. The first kappa shape index (κ1) is 18.6. The van der Waals surface area contributed by atoms with Crippen molar-refractivity contribution in [2.24, 2.45) is 0 Å². The summed E-state index contributed by atoms with van der Waals surface area (Å²) in [7, 11) is 0. The van der Waals surface area contributed by atoms with E-state index < -0.39 is 18.5 Å². The molecule has 4 nitrogen and oxygen atoms in total. The lowest BCUT2D eigenvalue weighted by atomic mass is 10.2. The molecule has 0 aliphatic carbocycles. The third-order valence-electron chi connectivity index (χ3n) is 3.80. The van der Waals surface area contributed by atoms with E-state index in [1.807, 2.05) is 26.0 Å². The largest absolute Gasteiger partial charge is 0.389 e. The van der Waals surface area contributed by atoms with Crippen LogP contribution in [0.5, 0.6) is 0 Å². The zero-order chi connectivity index (χ0) is 17.7. The number of alkyl halides is 3. The van der Waals surface area contributed by atoms with Gasteiger partial charge in [-0.25, -0.2) is 0 Å².